The highest BCUT2D eigenvalue weighted by Crippen LogP contribution is 2.23. The Morgan fingerprint density at radius 2 is 1.43 bits per heavy atom. The molecule has 1 amide bonds. The molecule has 4 heteroatoms. The molecule has 1 aliphatic rings. The molecule has 4 rings (SSSR count). The normalized spacial score (nSPS) is 16.1. The van der Waals surface area contributed by atoms with E-state index in [2.05, 4.69) is 66.0 Å². The van der Waals surface area contributed by atoms with Gasteiger partial charge in [0.2, 0.25) is 0 Å². The monoisotopic (exact) mass is 375 g/mol. The average Bonchev–Trinajstić information content (AvgIpc) is 2.74. The van der Waals surface area contributed by atoms with E-state index in [9.17, 15) is 9.90 Å². The Kier molecular flexibility index (Phi) is 5.42. The van der Waals surface area contributed by atoms with E-state index in [1.165, 1.54) is 21.9 Å². The summed E-state index contributed by atoms with van der Waals surface area (Å²) in [6.45, 7) is 3.33. The van der Waals surface area contributed by atoms with Crippen molar-refractivity contribution >= 4 is 16.9 Å². The second-order valence-electron chi connectivity index (χ2n) is 7.69. The number of benzene rings is 3. The van der Waals surface area contributed by atoms with Crippen LogP contribution in [0.2, 0.25) is 0 Å². The van der Waals surface area contributed by atoms with E-state index in [0.717, 1.165) is 31.5 Å². The molecule has 1 saturated heterocycles. The van der Waals surface area contributed by atoms with Crippen molar-refractivity contribution in [2.24, 2.45) is 0 Å². The maximum absolute atomic E-state index is 12.1. The maximum atomic E-state index is 12.1. The van der Waals surface area contributed by atoms with Gasteiger partial charge in [0.05, 0.1) is 0 Å². The average molecular weight is 375 g/mol. The molecule has 144 valence electrons. The summed E-state index contributed by atoms with van der Waals surface area (Å²) in [5, 5.41) is 15.8. The van der Waals surface area contributed by atoms with E-state index in [4.69, 9.17) is 0 Å². The second kappa shape index (κ2) is 8.13. The van der Waals surface area contributed by atoms with Gasteiger partial charge in [0.25, 0.3) is 0 Å². The van der Waals surface area contributed by atoms with Gasteiger partial charge in [0.1, 0.15) is 19.6 Å². The number of rotatable bonds is 5. The van der Waals surface area contributed by atoms with Crippen LogP contribution in [0.5, 0.6) is 0 Å². The Labute approximate surface area is 166 Å². The van der Waals surface area contributed by atoms with Crippen molar-refractivity contribution in [3.8, 4) is 0 Å². The zero-order valence-corrected chi connectivity index (χ0v) is 16.1. The largest absolute Gasteiger partial charge is 0.513 e. The van der Waals surface area contributed by atoms with Crippen molar-refractivity contribution in [3.63, 3.8) is 0 Å². The third-order valence-electron chi connectivity index (χ3n) is 5.97. The SMILES string of the molecule is O=C(O)[N+]1(Cc2ccccc2CCc2cccc3ccccc23)CCNCC1. The lowest BCUT2D eigenvalue weighted by Gasteiger charge is -2.36. The van der Waals surface area contributed by atoms with Gasteiger partial charge in [-0.3, -0.25) is 0 Å². The van der Waals surface area contributed by atoms with E-state index in [1.54, 1.807) is 0 Å². The summed E-state index contributed by atoms with van der Waals surface area (Å²) >= 11 is 0. The van der Waals surface area contributed by atoms with Crippen LogP contribution in [-0.2, 0) is 19.4 Å². The molecule has 0 radical (unpaired) electrons. The summed E-state index contributed by atoms with van der Waals surface area (Å²) < 4.78 is 0.123. The highest BCUT2D eigenvalue weighted by atomic mass is 16.4. The van der Waals surface area contributed by atoms with E-state index in [0.29, 0.717) is 19.6 Å². The number of piperazine rings is 1. The van der Waals surface area contributed by atoms with Gasteiger partial charge in [-0.05, 0) is 34.7 Å². The van der Waals surface area contributed by atoms with Gasteiger partial charge in [0, 0.05) is 18.7 Å². The molecule has 0 saturated carbocycles. The summed E-state index contributed by atoms with van der Waals surface area (Å²) in [5.41, 5.74) is 3.76. The van der Waals surface area contributed by atoms with Gasteiger partial charge >= 0.3 is 6.09 Å². The van der Waals surface area contributed by atoms with Crippen LogP contribution in [0.4, 0.5) is 4.79 Å². The number of aryl methyl sites for hydroxylation is 2. The van der Waals surface area contributed by atoms with Crippen LogP contribution in [-0.4, -0.2) is 41.9 Å². The zero-order chi connectivity index (χ0) is 19.4. The molecule has 4 nitrogen and oxygen atoms in total. The van der Waals surface area contributed by atoms with E-state index in [1.807, 2.05) is 6.07 Å². The minimum absolute atomic E-state index is 0.123. The summed E-state index contributed by atoms with van der Waals surface area (Å²) in [6, 6.07) is 23.3. The third kappa shape index (κ3) is 3.79. The summed E-state index contributed by atoms with van der Waals surface area (Å²) in [5.74, 6) is 0. The molecule has 0 aromatic heterocycles. The first-order chi connectivity index (χ1) is 13.7. The topological polar surface area (TPSA) is 49.3 Å². The number of carboxylic acid groups (broad SMARTS) is 1. The van der Waals surface area contributed by atoms with Crippen LogP contribution in [0.25, 0.3) is 10.8 Å². The summed E-state index contributed by atoms with van der Waals surface area (Å²) in [6.07, 6.45) is 1.15. The molecule has 3 aromatic carbocycles. The predicted octanol–water partition coefficient (Wildman–Crippen LogP) is 4.22. The minimum atomic E-state index is -0.717. The van der Waals surface area contributed by atoms with Gasteiger partial charge < -0.3 is 10.4 Å². The van der Waals surface area contributed by atoms with E-state index < -0.39 is 6.09 Å². The first-order valence-corrected chi connectivity index (χ1v) is 10.0. The highest BCUT2D eigenvalue weighted by molar-refractivity contribution is 5.85. The van der Waals surface area contributed by atoms with Crippen LogP contribution in [0.1, 0.15) is 16.7 Å². The lowest BCUT2D eigenvalue weighted by Crippen LogP contribution is -2.60. The third-order valence-corrected chi connectivity index (χ3v) is 5.97. The van der Waals surface area contributed by atoms with Crippen LogP contribution in [0.15, 0.2) is 66.7 Å². The molecular formula is C24H27N2O2+. The summed E-state index contributed by atoms with van der Waals surface area (Å²) in [7, 11) is 0. The number of carbonyl (C=O) groups is 1. The molecule has 1 heterocycles. The molecule has 2 N–H and O–H groups in total. The van der Waals surface area contributed by atoms with Crippen molar-refractivity contribution < 1.29 is 14.4 Å². The van der Waals surface area contributed by atoms with Crippen molar-refractivity contribution in [2.45, 2.75) is 19.4 Å². The molecule has 0 spiro atoms. The van der Waals surface area contributed by atoms with Crippen molar-refractivity contribution in [2.75, 3.05) is 26.2 Å². The van der Waals surface area contributed by atoms with Crippen LogP contribution < -0.4 is 5.32 Å². The molecule has 0 bridgehead atoms. The smallest absolute Gasteiger partial charge is 0.435 e. The predicted molar refractivity (Wildman–Crippen MR) is 112 cm³/mol. The van der Waals surface area contributed by atoms with Crippen molar-refractivity contribution in [3.05, 3.63) is 83.4 Å². The van der Waals surface area contributed by atoms with E-state index >= 15 is 0 Å². The molecule has 0 unspecified atom stereocenters. The minimum Gasteiger partial charge on any atom is -0.435 e. The molecule has 0 atom stereocenters. The molecule has 1 aliphatic heterocycles. The highest BCUT2D eigenvalue weighted by Gasteiger charge is 2.38. The van der Waals surface area contributed by atoms with Crippen molar-refractivity contribution in [1.82, 2.24) is 5.32 Å². The lowest BCUT2D eigenvalue weighted by atomic mass is 9.96. The lowest BCUT2D eigenvalue weighted by molar-refractivity contribution is -0.872. The Morgan fingerprint density at radius 3 is 2.21 bits per heavy atom. The maximum Gasteiger partial charge on any atom is 0.513 e. The van der Waals surface area contributed by atoms with Gasteiger partial charge in [-0.2, -0.15) is 4.79 Å². The Hall–Kier alpha value is -2.69. The van der Waals surface area contributed by atoms with Gasteiger partial charge in [0.15, 0.2) is 0 Å². The standard InChI is InChI=1S/C24H26N2O2/c27-24(28)26(16-14-25-15-17-26)18-22-8-2-1-6-19(22)12-13-21-10-5-9-20-7-3-4-11-23(20)21/h1-11,25H,12-18H2/p+1. The number of quaternary nitrogens is 1. The first kappa shape index (κ1) is 18.7. The Bertz CT molecular complexity index is 972. The molecule has 28 heavy (non-hydrogen) atoms. The van der Waals surface area contributed by atoms with Crippen molar-refractivity contribution in [1.29, 1.82) is 0 Å². The van der Waals surface area contributed by atoms with Crippen LogP contribution in [0, 0.1) is 0 Å². The Morgan fingerprint density at radius 1 is 0.821 bits per heavy atom. The molecular weight excluding hydrogens is 348 g/mol. The fourth-order valence-electron chi connectivity index (χ4n) is 4.30. The zero-order valence-electron chi connectivity index (χ0n) is 16.1. The van der Waals surface area contributed by atoms with Crippen LogP contribution in [0.3, 0.4) is 0 Å². The number of fused-ring (bicyclic) bond motifs is 1. The fraction of sp³-hybridized carbons (Fsp3) is 0.292. The molecule has 0 aliphatic carbocycles. The molecule has 1 fully saturated rings. The number of hydrogen-bond acceptors (Lipinski definition) is 2. The number of hydrogen-bond donors (Lipinski definition) is 2. The first-order valence-electron chi connectivity index (χ1n) is 10.0. The van der Waals surface area contributed by atoms with Gasteiger partial charge in [-0.25, -0.2) is 4.48 Å². The second-order valence-corrected chi connectivity index (χ2v) is 7.69. The van der Waals surface area contributed by atoms with Gasteiger partial charge in [-0.1, -0.05) is 66.7 Å². The summed E-state index contributed by atoms with van der Waals surface area (Å²) in [4.78, 5) is 12.1. The number of nitrogens with zero attached hydrogens (tertiary/aromatic N) is 1. The molecule has 3 aromatic rings. The number of nitrogens with one attached hydrogen (secondary N) is 1. The number of amides is 1. The fourth-order valence-corrected chi connectivity index (χ4v) is 4.30. The Balaban J connectivity index is 1.57. The van der Waals surface area contributed by atoms with E-state index in [-0.39, 0.29) is 4.48 Å². The van der Waals surface area contributed by atoms with Crippen LogP contribution >= 0.6 is 0 Å². The quantitative estimate of drug-likeness (QED) is 0.657. The van der Waals surface area contributed by atoms with Gasteiger partial charge in [-0.15, -0.1) is 0 Å².